The van der Waals surface area contributed by atoms with E-state index in [1.807, 2.05) is 13.2 Å². The van der Waals surface area contributed by atoms with Crippen molar-refractivity contribution in [2.24, 2.45) is 46.8 Å². The standard InChI is InChI=1S/C57H104N16O15S/c1-12-33(8)47(72-51(82)37(17-23-89-11)65-42(76)25-35(27-62-20-18-58)28-63-21-19-59)55(86)71-46(32(6)7)54(85)70-45(31(4)5)53(84)66-36(15-16-44(78)79)50(81)67-38(24-30(2)3)49(80)64-29-43(77)69-48(34(9)74)56(87)68-39(26-41(60)75)57(88)73-22-13-14-40(73)52(83)61-10/h30-40,45-48,62-63,74H,12-29,58-59H2,1-11H3,(H2,60,75)(H,61,83)(H,64,80)(H,65,76)(H,66,84)(H,67,81)(H,68,87)(H,69,77)(H,70,85)(H,71,86)(H,72,82)(H,78,79)/t33-,34+,36-,37-,38-,39-,40?,45-,46-,47-,48-/m0/s1. The maximum atomic E-state index is 14.3. The summed E-state index contributed by atoms with van der Waals surface area (Å²) in [5, 5.41) is 52.2. The van der Waals surface area contributed by atoms with E-state index < -0.39 is 175 Å². The number of nitrogens with one attached hydrogen (secondary N) is 12. The number of carboxylic acid groups (broad SMARTS) is 1. The molecule has 1 heterocycles. The van der Waals surface area contributed by atoms with Crippen LogP contribution in [0.3, 0.4) is 0 Å². The van der Waals surface area contributed by atoms with Gasteiger partial charge in [-0.15, -0.1) is 0 Å². The number of primary amides is 1. The molecule has 0 spiro atoms. The molecule has 0 aromatic heterocycles. The fourth-order valence-electron chi connectivity index (χ4n) is 9.59. The van der Waals surface area contributed by atoms with Crippen molar-refractivity contribution in [2.75, 3.05) is 71.4 Å². The lowest BCUT2D eigenvalue weighted by Gasteiger charge is -2.31. The number of thioether (sulfide) groups is 1. The number of aliphatic carboxylic acids is 1. The van der Waals surface area contributed by atoms with Crippen LogP contribution in [0.25, 0.3) is 0 Å². The summed E-state index contributed by atoms with van der Waals surface area (Å²) in [5.74, 6) is -12.7. The molecular weight excluding hydrogens is 1180 g/mol. The SMILES string of the molecule is CC[C@H](C)[C@H](NC(=O)[C@H](CCSC)NC(=O)CC(CNCCN)CNCCN)C(=O)N[C@H](C(=O)N[C@H](C(=O)N[C@@H](CCC(=O)O)C(=O)N[C@@H](CC(C)C)C(=O)NCC(=O)N[C@H](C(=O)N[C@@H](CC(N)=O)C(=O)N1CCCC1C(=O)NC)[C@@H](C)O)C(C)C)C(C)C. The van der Waals surface area contributed by atoms with Crippen LogP contribution in [0.15, 0.2) is 0 Å². The van der Waals surface area contributed by atoms with E-state index in [4.69, 9.17) is 17.2 Å². The zero-order valence-corrected chi connectivity index (χ0v) is 54.5. The molecule has 1 aliphatic heterocycles. The van der Waals surface area contributed by atoms with Gasteiger partial charge in [-0.25, -0.2) is 0 Å². The van der Waals surface area contributed by atoms with E-state index in [-0.39, 0.29) is 43.6 Å². The van der Waals surface area contributed by atoms with Gasteiger partial charge in [-0.2, -0.15) is 11.8 Å². The summed E-state index contributed by atoms with van der Waals surface area (Å²) in [7, 11) is 1.39. The van der Waals surface area contributed by atoms with E-state index in [9.17, 15) is 72.5 Å². The highest BCUT2D eigenvalue weighted by Gasteiger charge is 2.41. The van der Waals surface area contributed by atoms with Crippen molar-refractivity contribution in [1.29, 1.82) is 0 Å². The van der Waals surface area contributed by atoms with Gasteiger partial charge in [-0.1, -0.05) is 61.8 Å². The van der Waals surface area contributed by atoms with Crippen LogP contribution in [-0.4, -0.2) is 224 Å². The van der Waals surface area contributed by atoms with Crippen LogP contribution in [0.4, 0.5) is 0 Å². The van der Waals surface area contributed by atoms with E-state index in [1.165, 1.54) is 23.7 Å². The normalized spacial score (nSPS) is 16.5. The third kappa shape index (κ3) is 29.6. The number of nitrogens with zero attached hydrogens (tertiary/aromatic N) is 1. The monoisotopic (exact) mass is 1280 g/mol. The number of carbonyl (C=O) groups is 13. The molecule has 89 heavy (non-hydrogen) atoms. The lowest BCUT2D eigenvalue weighted by atomic mass is 9.95. The summed E-state index contributed by atoms with van der Waals surface area (Å²) in [4.78, 5) is 176. The number of nitrogens with two attached hydrogens (primary N) is 3. The van der Waals surface area contributed by atoms with Crippen LogP contribution in [-0.2, 0) is 62.3 Å². The Morgan fingerprint density at radius 1 is 0.607 bits per heavy atom. The zero-order valence-electron chi connectivity index (χ0n) is 53.7. The van der Waals surface area contributed by atoms with Gasteiger partial charge in [0.15, 0.2) is 0 Å². The summed E-state index contributed by atoms with van der Waals surface area (Å²) < 4.78 is 0. The van der Waals surface area contributed by atoms with E-state index in [0.29, 0.717) is 64.3 Å². The van der Waals surface area contributed by atoms with Crippen LogP contribution in [0, 0.1) is 29.6 Å². The minimum absolute atomic E-state index is 0.0442. The van der Waals surface area contributed by atoms with Crippen LogP contribution in [0.2, 0.25) is 0 Å². The second-order valence-corrected chi connectivity index (χ2v) is 24.5. The molecule has 508 valence electrons. The Hall–Kier alpha value is -6.74. The molecule has 0 aromatic rings. The molecule has 20 N–H and O–H groups in total. The number of carbonyl (C=O) groups excluding carboxylic acids is 12. The average molecular weight is 1290 g/mol. The number of amides is 12. The fraction of sp³-hybridized carbons (Fsp3) is 0.772. The zero-order chi connectivity index (χ0) is 67.7. The van der Waals surface area contributed by atoms with Crippen LogP contribution in [0.1, 0.15) is 120 Å². The summed E-state index contributed by atoms with van der Waals surface area (Å²) in [6.07, 6.45) is -0.0749. The molecule has 11 atom stereocenters. The number of likely N-dealkylation sites (tertiary alicyclic amines) is 1. The Balaban J connectivity index is 3.33. The maximum Gasteiger partial charge on any atom is 0.303 e. The van der Waals surface area contributed by atoms with Crippen molar-refractivity contribution < 1.29 is 72.5 Å². The molecule has 0 aliphatic carbocycles. The molecule has 1 saturated heterocycles. The second-order valence-electron chi connectivity index (χ2n) is 23.5. The summed E-state index contributed by atoms with van der Waals surface area (Å²) in [5.41, 5.74) is 16.7. The number of hydrogen-bond donors (Lipinski definition) is 17. The fourth-order valence-corrected chi connectivity index (χ4v) is 10.1. The average Bonchev–Trinajstić information content (AvgIpc) is 4.14. The lowest BCUT2D eigenvalue weighted by molar-refractivity contribution is -0.143. The van der Waals surface area contributed by atoms with Crippen LogP contribution in [0.5, 0.6) is 0 Å². The number of carboxylic acids is 1. The van der Waals surface area contributed by atoms with Crippen molar-refractivity contribution in [3.8, 4) is 0 Å². The second kappa shape index (κ2) is 42.3. The van der Waals surface area contributed by atoms with E-state index in [1.54, 1.807) is 48.5 Å². The summed E-state index contributed by atoms with van der Waals surface area (Å²) >= 11 is 1.47. The molecule has 0 radical (unpaired) electrons. The molecule has 0 aromatic carbocycles. The van der Waals surface area contributed by atoms with Gasteiger partial charge in [-0.05, 0) is 93.7 Å². The van der Waals surface area contributed by atoms with Gasteiger partial charge in [0.25, 0.3) is 0 Å². The number of likely N-dealkylation sites (N-methyl/N-ethyl adjacent to an activating group) is 1. The van der Waals surface area contributed by atoms with Gasteiger partial charge in [0.2, 0.25) is 70.9 Å². The van der Waals surface area contributed by atoms with Gasteiger partial charge in [0.1, 0.15) is 54.4 Å². The Morgan fingerprint density at radius 2 is 1.11 bits per heavy atom. The summed E-state index contributed by atoms with van der Waals surface area (Å²) in [6.45, 7) is 16.8. The number of aliphatic hydroxyl groups is 1. The number of hydrogen-bond acceptors (Lipinski definition) is 19. The predicted molar refractivity (Wildman–Crippen MR) is 333 cm³/mol. The van der Waals surface area contributed by atoms with Crippen molar-refractivity contribution in [3.05, 3.63) is 0 Å². The van der Waals surface area contributed by atoms with Gasteiger partial charge in [-0.3, -0.25) is 62.3 Å². The highest BCUT2D eigenvalue weighted by Crippen LogP contribution is 2.20. The van der Waals surface area contributed by atoms with E-state index in [0.717, 1.165) is 6.92 Å². The highest BCUT2D eigenvalue weighted by atomic mass is 32.2. The molecule has 32 heteroatoms. The Bertz CT molecular complexity index is 2340. The van der Waals surface area contributed by atoms with Crippen LogP contribution < -0.4 is 81.0 Å². The first-order chi connectivity index (χ1) is 41.9. The van der Waals surface area contributed by atoms with Crippen LogP contribution >= 0.6 is 11.8 Å². The molecule has 31 nitrogen and oxygen atoms in total. The van der Waals surface area contributed by atoms with Gasteiger partial charge < -0.3 is 96.1 Å². The van der Waals surface area contributed by atoms with Gasteiger partial charge >= 0.3 is 5.97 Å². The number of aliphatic hydroxyl groups excluding tert-OH is 1. The minimum atomic E-state index is -1.75. The molecule has 0 saturated carbocycles. The summed E-state index contributed by atoms with van der Waals surface area (Å²) in [6, 6.07) is -12.1. The molecule has 1 unspecified atom stereocenters. The first kappa shape index (κ1) is 80.3. The molecule has 1 aliphatic rings. The highest BCUT2D eigenvalue weighted by molar-refractivity contribution is 7.98. The topological polar surface area (TPSA) is 488 Å². The van der Waals surface area contributed by atoms with Gasteiger partial charge in [0.05, 0.1) is 19.1 Å². The molecule has 12 amide bonds. The Morgan fingerprint density at radius 3 is 1.61 bits per heavy atom. The third-order valence-corrected chi connectivity index (χ3v) is 15.4. The van der Waals surface area contributed by atoms with Gasteiger partial charge in [0, 0.05) is 52.6 Å². The molecular formula is C57H104N16O15S. The quantitative estimate of drug-likeness (QED) is 0.0254. The van der Waals surface area contributed by atoms with Crippen molar-refractivity contribution in [1.82, 2.24) is 68.7 Å². The van der Waals surface area contributed by atoms with E-state index in [2.05, 4.69) is 63.8 Å². The molecule has 1 rings (SSSR count). The minimum Gasteiger partial charge on any atom is -0.481 e. The van der Waals surface area contributed by atoms with E-state index >= 15 is 0 Å². The largest absolute Gasteiger partial charge is 0.481 e. The first-order valence-electron chi connectivity index (χ1n) is 30.6. The Labute approximate surface area is 526 Å². The first-order valence-corrected chi connectivity index (χ1v) is 32.0. The third-order valence-electron chi connectivity index (χ3n) is 14.8. The maximum absolute atomic E-state index is 14.3. The molecule has 0 bridgehead atoms. The Kier molecular flexibility index (Phi) is 38.1. The van der Waals surface area contributed by atoms with Crippen molar-refractivity contribution in [3.63, 3.8) is 0 Å². The van der Waals surface area contributed by atoms with Crippen molar-refractivity contribution >= 4 is 88.6 Å². The molecule has 1 fully saturated rings. The lowest BCUT2D eigenvalue weighted by Crippen LogP contribution is -2.62. The smallest absolute Gasteiger partial charge is 0.303 e. The van der Waals surface area contributed by atoms with Crippen molar-refractivity contribution in [2.45, 2.75) is 181 Å². The predicted octanol–water partition coefficient (Wildman–Crippen LogP) is -4.90. The number of rotatable bonds is 44.